The fraction of sp³-hybridized carbons (Fsp3) is 0.222. The van der Waals surface area contributed by atoms with Crippen LogP contribution in [0.2, 0.25) is 5.02 Å². The molecule has 1 aromatic rings. The molecule has 0 amide bonds. The summed E-state index contributed by atoms with van der Waals surface area (Å²) in [6.07, 6.45) is 0. The summed E-state index contributed by atoms with van der Waals surface area (Å²) in [5.74, 6) is -0.458. The monoisotopic (exact) mass is 226 g/mol. The lowest BCUT2D eigenvalue weighted by Gasteiger charge is -2.06. The highest BCUT2D eigenvalue weighted by molar-refractivity contribution is 6.65. The predicted octanol–water partition coefficient (Wildman–Crippen LogP) is 0.344. The van der Waals surface area contributed by atoms with Gasteiger partial charge in [-0.05, 0) is 17.7 Å². The first-order valence-electron chi connectivity index (χ1n) is 4.34. The number of hydrogen-bond donors (Lipinski definition) is 1. The third-order valence-electron chi connectivity index (χ3n) is 2.34. The van der Waals surface area contributed by atoms with E-state index in [-0.39, 0.29) is 6.61 Å². The highest BCUT2D eigenvalue weighted by atomic mass is 35.5. The molecule has 0 spiro atoms. The first kappa shape index (κ1) is 10.5. The van der Waals surface area contributed by atoms with Crippen molar-refractivity contribution in [2.24, 2.45) is 0 Å². The zero-order chi connectivity index (χ0) is 11.0. The van der Waals surface area contributed by atoms with E-state index in [1.165, 1.54) is 7.11 Å². The van der Waals surface area contributed by atoms with Crippen molar-refractivity contribution in [3.05, 3.63) is 28.3 Å². The van der Waals surface area contributed by atoms with Crippen LogP contribution < -0.4 is 5.46 Å². The van der Waals surface area contributed by atoms with Crippen molar-refractivity contribution in [3.8, 4) is 0 Å². The van der Waals surface area contributed by atoms with Crippen LogP contribution in [0.1, 0.15) is 15.9 Å². The van der Waals surface area contributed by atoms with E-state index < -0.39 is 13.1 Å². The van der Waals surface area contributed by atoms with E-state index in [0.29, 0.717) is 21.6 Å². The van der Waals surface area contributed by atoms with Crippen molar-refractivity contribution < 1.29 is 19.2 Å². The van der Waals surface area contributed by atoms with Gasteiger partial charge < -0.3 is 14.4 Å². The number of esters is 1. The van der Waals surface area contributed by atoms with Crippen LogP contribution in [-0.4, -0.2) is 25.2 Å². The van der Waals surface area contributed by atoms with Gasteiger partial charge in [0.15, 0.2) is 0 Å². The summed E-state index contributed by atoms with van der Waals surface area (Å²) in [5, 5.41) is 9.87. The molecule has 4 nitrogen and oxygen atoms in total. The number of ether oxygens (including phenoxy) is 1. The van der Waals surface area contributed by atoms with Gasteiger partial charge in [0, 0.05) is 10.5 Å². The Hall–Kier alpha value is -1.04. The number of benzene rings is 1. The molecule has 1 aliphatic heterocycles. The van der Waals surface area contributed by atoms with Crippen molar-refractivity contribution >= 4 is 30.2 Å². The van der Waals surface area contributed by atoms with Crippen molar-refractivity contribution in [2.75, 3.05) is 7.11 Å². The van der Waals surface area contributed by atoms with E-state index in [2.05, 4.69) is 4.74 Å². The smallest absolute Gasteiger partial charge is 0.465 e. The van der Waals surface area contributed by atoms with Crippen LogP contribution in [0.5, 0.6) is 0 Å². The predicted molar refractivity (Wildman–Crippen MR) is 55.2 cm³/mol. The number of methoxy groups -OCH3 is 1. The van der Waals surface area contributed by atoms with Crippen LogP contribution in [0.15, 0.2) is 12.1 Å². The minimum Gasteiger partial charge on any atom is -0.465 e. The van der Waals surface area contributed by atoms with E-state index >= 15 is 0 Å². The quantitative estimate of drug-likeness (QED) is 0.554. The van der Waals surface area contributed by atoms with Gasteiger partial charge in [-0.25, -0.2) is 4.79 Å². The molecule has 1 aliphatic rings. The summed E-state index contributed by atoms with van der Waals surface area (Å²) >= 11 is 5.89. The third-order valence-corrected chi connectivity index (χ3v) is 2.67. The van der Waals surface area contributed by atoms with Crippen LogP contribution in [0, 0.1) is 0 Å². The number of rotatable bonds is 1. The standard InChI is InChI=1S/C9H8BClO4/c1-14-9(12)5-2-3-7(11)8-6(5)4-15-10(8)13/h2-3,13H,4H2,1H3. The molecular weight excluding hydrogens is 218 g/mol. The number of halogens is 1. The molecule has 0 saturated heterocycles. The lowest BCUT2D eigenvalue weighted by Crippen LogP contribution is -2.30. The molecular formula is C9H8BClO4. The Balaban J connectivity index is 2.57. The van der Waals surface area contributed by atoms with Crippen molar-refractivity contribution in [2.45, 2.75) is 6.61 Å². The number of carbonyl (C=O) groups excluding carboxylic acids is 1. The molecule has 2 rings (SSSR count). The second-order valence-corrected chi connectivity index (χ2v) is 3.55. The van der Waals surface area contributed by atoms with Gasteiger partial charge in [0.25, 0.3) is 0 Å². The molecule has 0 aromatic heterocycles. The van der Waals surface area contributed by atoms with Gasteiger partial charge in [-0.1, -0.05) is 11.6 Å². The first-order chi connectivity index (χ1) is 7.15. The Labute approximate surface area is 91.9 Å². The van der Waals surface area contributed by atoms with Gasteiger partial charge in [-0.3, -0.25) is 0 Å². The molecule has 0 radical (unpaired) electrons. The third kappa shape index (κ3) is 1.63. The van der Waals surface area contributed by atoms with Crippen LogP contribution in [-0.2, 0) is 16.0 Å². The maximum Gasteiger partial charge on any atom is 0.493 e. The molecule has 0 unspecified atom stereocenters. The summed E-state index contributed by atoms with van der Waals surface area (Å²) < 4.78 is 9.62. The largest absolute Gasteiger partial charge is 0.493 e. The maximum absolute atomic E-state index is 11.4. The van der Waals surface area contributed by atoms with E-state index in [9.17, 15) is 9.82 Å². The van der Waals surface area contributed by atoms with Crippen LogP contribution >= 0.6 is 11.6 Å². The molecule has 0 atom stereocenters. The molecule has 6 heteroatoms. The normalized spacial score (nSPS) is 13.9. The molecule has 1 aromatic carbocycles. The molecule has 0 bridgehead atoms. The van der Waals surface area contributed by atoms with Crippen LogP contribution in [0.25, 0.3) is 0 Å². The molecule has 1 N–H and O–H groups in total. The average molecular weight is 226 g/mol. The zero-order valence-electron chi connectivity index (χ0n) is 7.99. The van der Waals surface area contributed by atoms with Crippen molar-refractivity contribution in [1.29, 1.82) is 0 Å². The molecule has 0 saturated carbocycles. The van der Waals surface area contributed by atoms with Gasteiger partial charge in [-0.2, -0.15) is 0 Å². The summed E-state index contributed by atoms with van der Waals surface area (Å²) in [4.78, 5) is 11.4. The second kappa shape index (κ2) is 3.85. The Morgan fingerprint density at radius 2 is 2.40 bits per heavy atom. The number of carbonyl (C=O) groups is 1. The zero-order valence-corrected chi connectivity index (χ0v) is 8.75. The fourth-order valence-corrected chi connectivity index (χ4v) is 1.88. The van der Waals surface area contributed by atoms with Crippen LogP contribution in [0.4, 0.5) is 0 Å². The van der Waals surface area contributed by atoms with E-state index in [1.54, 1.807) is 12.1 Å². The Bertz CT molecular complexity index is 421. The lowest BCUT2D eigenvalue weighted by atomic mass is 9.78. The summed E-state index contributed by atoms with van der Waals surface area (Å²) in [6, 6.07) is 3.11. The highest BCUT2D eigenvalue weighted by Gasteiger charge is 2.33. The second-order valence-electron chi connectivity index (χ2n) is 3.14. The van der Waals surface area contributed by atoms with Gasteiger partial charge >= 0.3 is 13.1 Å². The number of hydrogen-bond acceptors (Lipinski definition) is 4. The van der Waals surface area contributed by atoms with Crippen molar-refractivity contribution in [1.82, 2.24) is 0 Å². The van der Waals surface area contributed by atoms with Crippen molar-refractivity contribution in [3.63, 3.8) is 0 Å². The first-order valence-corrected chi connectivity index (χ1v) is 4.72. The average Bonchev–Trinajstić information content (AvgIpc) is 2.61. The fourth-order valence-electron chi connectivity index (χ4n) is 1.61. The Morgan fingerprint density at radius 3 is 3.07 bits per heavy atom. The molecule has 1 heterocycles. The summed E-state index contributed by atoms with van der Waals surface area (Å²) in [5.41, 5.74) is 1.44. The molecule has 0 fully saturated rings. The van der Waals surface area contributed by atoms with Gasteiger partial charge in [0.1, 0.15) is 0 Å². The number of fused-ring (bicyclic) bond motifs is 1. The van der Waals surface area contributed by atoms with Gasteiger partial charge in [0.05, 0.1) is 19.3 Å². The van der Waals surface area contributed by atoms with Gasteiger partial charge in [-0.15, -0.1) is 0 Å². The van der Waals surface area contributed by atoms with Crippen LogP contribution in [0.3, 0.4) is 0 Å². The Kier molecular flexibility index (Phi) is 2.69. The van der Waals surface area contributed by atoms with Gasteiger partial charge in [0.2, 0.25) is 0 Å². The van der Waals surface area contributed by atoms with E-state index in [1.807, 2.05) is 0 Å². The van der Waals surface area contributed by atoms with E-state index in [0.717, 1.165) is 0 Å². The lowest BCUT2D eigenvalue weighted by molar-refractivity contribution is 0.0598. The highest BCUT2D eigenvalue weighted by Crippen LogP contribution is 2.21. The molecule has 78 valence electrons. The maximum atomic E-state index is 11.4. The molecule has 15 heavy (non-hydrogen) atoms. The SMILES string of the molecule is COC(=O)c1ccc(Cl)c2c1COB2O. The Morgan fingerprint density at radius 1 is 1.67 bits per heavy atom. The van der Waals surface area contributed by atoms with E-state index in [4.69, 9.17) is 16.3 Å². The summed E-state index contributed by atoms with van der Waals surface area (Å²) in [7, 11) is 0.243. The molecule has 0 aliphatic carbocycles. The summed E-state index contributed by atoms with van der Waals surface area (Å²) in [6.45, 7) is 0.168. The minimum absolute atomic E-state index is 0.168. The minimum atomic E-state index is -1.06. The topological polar surface area (TPSA) is 55.8 Å².